The van der Waals surface area contributed by atoms with Gasteiger partial charge in [0, 0.05) is 6.61 Å². The molecule has 0 aliphatic rings. The van der Waals surface area contributed by atoms with E-state index in [4.69, 9.17) is 4.43 Å². The molecule has 0 heterocycles. The molecule has 0 bridgehead atoms. The van der Waals surface area contributed by atoms with Gasteiger partial charge in [-0.1, -0.05) is 38.8 Å². The summed E-state index contributed by atoms with van der Waals surface area (Å²) in [6.07, 6.45) is 4.97. The van der Waals surface area contributed by atoms with Gasteiger partial charge in [0.2, 0.25) is 8.32 Å². The lowest BCUT2D eigenvalue weighted by Crippen LogP contribution is -2.32. The van der Waals surface area contributed by atoms with E-state index in [-0.39, 0.29) is 0 Å². The molecule has 0 amide bonds. The molecule has 0 N–H and O–H groups in total. The minimum atomic E-state index is -1.51. The van der Waals surface area contributed by atoms with Crippen molar-refractivity contribution in [3.05, 3.63) is 12.3 Å². The maximum Gasteiger partial charge on any atom is 0.213 e. The van der Waals surface area contributed by atoms with E-state index in [1.165, 1.54) is 31.7 Å². The second kappa shape index (κ2) is 7.33. The summed E-state index contributed by atoms with van der Waals surface area (Å²) in [6.45, 7) is 11.5. The molecule has 0 saturated carbocycles. The molecule has 0 rings (SSSR count). The normalized spacial score (nSPS) is 15.3. The Balaban J connectivity index is 3.63. The van der Waals surface area contributed by atoms with Crippen molar-refractivity contribution in [3.63, 3.8) is 0 Å². The first kappa shape index (κ1) is 12.9. The molecule has 0 aliphatic heterocycles. The summed E-state index contributed by atoms with van der Waals surface area (Å²) in [5, 5.41) is 0. The van der Waals surface area contributed by atoms with Gasteiger partial charge < -0.3 is 4.43 Å². The Morgan fingerprint density at radius 3 is 2.38 bits per heavy atom. The molecule has 1 nitrogen and oxygen atoms in total. The number of hydrogen-bond donors (Lipinski definition) is 0. The van der Waals surface area contributed by atoms with Gasteiger partial charge in [0.05, 0.1) is 0 Å². The number of unbranched alkanes of at least 4 members (excludes halogenated alkanes) is 2. The molecule has 0 aromatic rings. The Labute approximate surface area is 84.3 Å². The first-order valence-electron chi connectivity index (χ1n) is 5.46. The van der Waals surface area contributed by atoms with Gasteiger partial charge in [0.1, 0.15) is 0 Å². The fraction of sp³-hybridized carbons (Fsp3) is 0.818. The third-order valence-corrected chi connectivity index (χ3v) is 5.58. The van der Waals surface area contributed by atoms with Gasteiger partial charge in [0.15, 0.2) is 0 Å². The van der Waals surface area contributed by atoms with Crippen molar-refractivity contribution < 1.29 is 4.43 Å². The highest BCUT2D eigenvalue weighted by Crippen LogP contribution is 2.15. The molecular formula is C11H24OSi. The number of rotatable bonds is 8. The predicted molar refractivity (Wildman–Crippen MR) is 62.4 cm³/mol. The topological polar surface area (TPSA) is 9.23 Å². The minimum absolute atomic E-state index is 0.933. The lowest BCUT2D eigenvalue weighted by molar-refractivity contribution is 0.298. The molecule has 0 aromatic carbocycles. The van der Waals surface area contributed by atoms with Gasteiger partial charge in [-0.3, -0.25) is 0 Å². The van der Waals surface area contributed by atoms with Crippen LogP contribution in [0, 0.1) is 0 Å². The second-order valence-electron chi connectivity index (χ2n) is 3.82. The second-order valence-corrected chi connectivity index (χ2v) is 7.64. The maximum atomic E-state index is 5.94. The van der Waals surface area contributed by atoms with Crippen LogP contribution in [-0.4, -0.2) is 14.9 Å². The summed E-state index contributed by atoms with van der Waals surface area (Å²) >= 11 is 0. The average molecular weight is 200 g/mol. The van der Waals surface area contributed by atoms with Crippen molar-refractivity contribution in [2.75, 3.05) is 6.61 Å². The van der Waals surface area contributed by atoms with Crippen molar-refractivity contribution in [2.45, 2.75) is 52.1 Å². The summed E-state index contributed by atoms with van der Waals surface area (Å²) in [5.41, 5.74) is 2.07. The van der Waals surface area contributed by atoms with Crippen LogP contribution in [-0.2, 0) is 4.43 Å². The smallest absolute Gasteiger partial charge is 0.213 e. The van der Waals surface area contributed by atoms with E-state index >= 15 is 0 Å². The highest BCUT2D eigenvalue weighted by atomic mass is 28.4. The van der Waals surface area contributed by atoms with Crippen LogP contribution in [0.1, 0.15) is 39.5 Å². The lowest BCUT2D eigenvalue weighted by Gasteiger charge is -2.22. The minimum Gasteiger partial charge on any atom is -0.413 e. The third-order valence-electron chi connectivity index (χ3n) is 2.36. The molecule has 0 fully saturated rings. The fourth-order valence-corrected chi connectivity index (χ4v) is 3.46. The Hall–Kier alpha value is -0.0831. The molecule has 0 saturated heterocycles. The van der Waals surface area contributed by atoms with Crippen molar-refractivity contribution in [1.29, 1.82) is 0 Å². The van der Waals surface area contributed by atoms with Crippen molar-refractivity contribution in [3.8, 4) is 0 Å². The quantitative estimate of drug-likeness (QED) is 0.426. The van der Waals surface area contributed by atoms with Crippen molar-refractivity contribution >= 4 is 8.32 Å². The monoisotopic (exact) mass is 200 g/mol. The van der Waals surface area contributed by atoms with E-state index in [2.05, 4.69) is 32.7 Å². The van der Waals surface area contributed by atoms with E-state index in [0.29, 0.717) is 0 Å². The Kier molecular flexibility index (Phi) is 7.29. The van der Waals surface area contributed by atoms with Gasteiger partial charge in [-0.15, -0.1) is 6.58 Å². The SMILES string of the molecule is C=C[Si](C)(CCC)OCCCCC. The van der Waals surface area contributed by atoms with Gasteiger partial charge in [-0.2, -0.15) is 0 Å². The highest BCUT2D eigenvalue weighted by molar-refractivity contribution is 6.77. The van der Waals surface area contributed by atoms with Crippen LogP contribution in [0.3, 0.4) is 0 Å². The zero-order chi connectivity index (χ0) is 10.2. The molecule has 1 atom stereocenters. The maximum absolute atomic E-state index is 5.94. The van der Waals surface area contributed by atoms with Crippen LogP contribution in [0.5, 0.6) is 0 Å². The Morgan fingerprint density at radius 1 is 1.23 bits per heavy atom. The van der Waals surface area contributed by atoms with Crippen molar-refractivity contribution in [2.24, 2.45) is 0 Å². The lowest BCUT2D eigenvalue weighted by atomic mass is 10.3. The van der Waals surface area contributed by atoms with E-state index < -0.39 is 8.32 Å². The van der Waals surface area contributed by atoms with Gasteiger partial charge in [-0.05, 0) is 19.0 Å². The van der Waals surface area contributed by atoms with Crippen LogP contribution in [0.15, 0.2) is 12.3 Å². The Bertz CT molecular complexity index is 136. The van der Waals surface area contributed by atoms with Crippen LogP contribution >= 0.6 is 0 Å². The first-order chi connectivity index (χ1) is 6.18. The summed E-state index contributed by atoms with van der Waals surface area (Å²) in [7, 11) is -1.51. The summed E-state index contributed by atoms with van der Waals surface area (Å²) in [5.74, 6) is 0. The average Bonchev–Trinajstić information content (AvgIpc) is 2.13. The molecule has 0 aromatic heterocycles. The zero-order valence-electron chi connectivity index (χ0n) is 9.44. The van der Waals surface area contributed by atoms with Crippen LogP contribution in [0.25, 0.3) is 0 Å². The third kappa shape index (κ3) is 6.05. The first-order valence-corrected chi connectivity index (χ1v) is 8.15. The summed E-state index contributed by atoms with van der Waals surface area (Å²) < 4.78 is 5.94. The standard InChI is InChI=1S/C11H24OSi/c1-5-8-9-10-12-13(4,7-3)11-6-2/h7H,3,5-6,8-11H2,1-2,4H3. The van der Waals surface area contributed by atoms with Crippen LogP contribution in [0.2, 0.25) is 12.6 Å². The van der Waals surface area contributed by atoms with E-state index in [1.807, 2.05) is 0 Å². The molecule has 1 unspecified atom stereocenters. The van der Waals surface area contributed by atoms with Gasteiger partial charge in [-0.25, -0.2) is 0 Å². The predicted octanol–water partition coefficient (Wildman–Crippen LogP) is 3.90. The summed E-state index contributed by atoms with van der Waals surface area (Å²) in [4.78, 5) is 0. The molecule has 2 heteroatoms. The van der Waals surface area contributed by atoms with Gasteiger partial charge >= 0.3 is 0 Å². The van der Waals surface area contributed by atoms with Crippen molar-refractivity contribution in [1.82, 2.24) is 0 Å². The molecular weight excluding hydrogens is 176 g/mol. The van der Waals surface area contributed by atoms with E-state index in [0.717, 1.165) is 6.61 Å². The molecule has 0 radical (unpaired) electrons. The summed E-state index contributed by atoms with van der Waals surface area (Å²) in [6, 6.07) is 1.21. The molecule has 0 aliphatic carbocycles. The highest BCUT2D eigenvalue weighted by Gasteiger charge is 2.23. The van der Waals surface area contributed by atoms with E-state index in [1.54, 1.807) is 0 Å². The van der Waals surface area contributed by atoms with Crippen LogP contribution in [0.4, 0.5) is 0 Å². The van der Waals surface area contributed by atoms with Gasteiger partial charge in [0.25, 0.3) is 0 Å². The number of hydrogen-bond acceptors (Lipinski definition) is 1. The fourth-order valence-electron chi connectivity index (χ4n) is 1.39. The Morgan fingerprint density at radius 2 is 1.92 bits per heavy atom. The molecule has 13 heavy (non-hydrogen) atoms. The largest absolute Gasteiger partial charge is 0.413 e. The molecule has 78 valence electrons. The van der Waals surface area contributed by atoms with Crippen LogP contribution < -0.4 is 0 Å². The van der Waals surface area contributed by atoms with E-state index in [9.17, 15) is 0 Å². The zero-order valence-corrected chi connectivity index (χ0v) is 10.4. The molecule has 0 spiro atoms.